The van der Waals surface area contributed by atoms with Crippen molar-refractivity contribution in [3.63, 3.8) is 0 Å². The Kier molecular flexibility index (Phi) is 7.41. The molecule has 0 spiro atoms. The Balaban J connectivity index is 1.67. The van der Waals surface area contributed by atoms with Crippen molar-refractivity contribution in [1.29, 1.82) is 0 Å². The number of hydrogen-bond donors (Lipinski definition) is 3. The largest absolute Gasteiger partial charge is 0.343 e. The third-order valence-electron chi connectivity index (χ3n) is 5.36. The average Bonchev–Trinajstić information content (AvgIpc) is 2.76. The van der Waals surface area contributed by atoms with Crippen molar-refractivity contribution in [1.82, 2.24) is 5.32 Å². The second-order valence-corrected chi connectivity index (χ2v) is 10.1. The molecular formula is C26H29N3O4S. The van der Waals surface area contributed by atoms with Crippen molar-refractivity contribution >= 4 is 33.2 Å². The molecule has 0 fully saturated rings. The van der Waals surface area contributed by atoms with Gasteiger partial charge in [0.15, 0.2) is 0 Å². The van der Waals surface area contributed by atoms with Crippen LogP contribution in [0.15, 0.2) is 59.5 Å². The van der Waals surface area contributed by atoms with Gasteiger partial charge in [0.2, 0.25) is 5.91 Å². The molecule has 0 radical (unpaired) electrons. The van der Waals surface area contributed by atoms with E-state index in [2.05, 4.69) is 15.4 Å². The van der Waals surface area contributed by atoms with E-state index in [9.17, 15) is 18.0 Å². The molecule has 0 saturated carbocycles. The highest BCUT2D eigenvalue weighted by Crippen LogP contribution is 2.22. The normalized spacial score (nSPS) is 11.1. The molecule has 3 aromatic carbocycles. The molecule has 0 saturated heterocycles. The molecule has 34 heavy (non-hydrogen) atoms. The number of sulfonamides is 1. The summed E-state index contributed by atoms with van der Waals surface area (Å²) in [5.74, 6) is -0.838. The second kappa shape index (κ2) is 10.1. The van der Waals surface area contributed by atoms with Crippen LogP contribution in [0.1, 0.15) is 38.2 Å². The van der Waals surface area contributed by atoms with Crippen LogP contribution in [0.3, 0.4) is 0 Å². The molecule has 8 heteroatoms. The molecule has 0 aliphatic heterocycles. The lowest BCUT2D eigenvalue weighted by Crippen LogP contribution is -2.33. The van der Waals surface area contributed by atoms with E-state index in [4.69, 9.17) is 0 Å². The van der Waals surface area contributed by atoms with Crippen LogP contribution in [0.5, 0.6) is 0 Å². The lowest BCUT2D eigenvalue weighted by molar-refractivity contribution is -0.115. The fourth-order valence-electron chi connectivity index (χ4n) is 3.75. The smallest absolute Gasteiger partial charge is 0.262 e. The fraction of sp³-hybridized carbons (Fsp3) is 0.231. The van der Waals surface area contributed by atoms with Crippen molar-refractivity contribution in [2.75, 3.05) is 16.6 Å². The van der Waals surface area contributed by atoms with Gasteiger partial charge in [0.25, 0.3) is 15.9 Å². The summed E-state index contributed by atoms with van der Waals surface area (Å²) < 4.78 is 28.2. The van der Waals surface area contributed by atoms with E-state index in [1.54, 1.807) is 37.3 Å². The van der Waals surface area contributed by atoms with E-state index < -0.39 is 15.9 Å². The summed E-state index contributed by atoms with van der Waals surface area (Å²) in [6.45, 7) is 9.15. The topological polar surface area (TPSA) is 104 Å². The highest BCUT2D eigenvalue weighted by atomic mass is 32.2. The third kappa shape index (κ3) is 6.02. The number of carbonyl (C=O) groups is 2. The van der Waals surface area contributed by atoms with Gasteiger partial charge < -0.3 is 10.6 Å². The maximum atomic E-state index is 12.9. The summed E-state index contributed by atoms with van der Waals surface area (Å²) in [5.41, 5.74) is 5.66. The molecular weight excluding hydrogens is 450 g/mol. The molecule has 0 aliphatic carbocycles. The Morgan fingerprint density at radius 1 is 0.794 bits per heavy atom. The van der Waals surface area contributed by atoms with Crippen LogP contribution in [0.2, 0.25) is 0 Å². The van der Waals surface area contributed by atoms with Crippen LogP contribution in [0.25, 0.3) is 0 Å². The number of anilines is 2. The summed E-state index contributed by atoms with van der Waals surface area (Å²) >= 11 is 0. The van der Waals surface area contributed by atoms with E-state index in [-0.39, 0.29) is 28.6 Å². The molecule has 3 aromatic rings. The zero-order chi connectivity index (χ0) is 25.0. The molecule has 0 aliphatic rings. The summed E-state index contributed by atoms with van der Waals surface area (Å²) in [6, 6.07) is 15.3. The van der Waals surface area contributed by atoms with Crippen LogP contribution >= 0.6 is 0 Å². The molecule has 0 atom stereocenters. The third-order valence-corrected chi connectivity index (χ3v) is 6.88. The van der Waals surface area contributed by atoms with Crippen LogP contribution in [-0.4, -0.2) is 26.8 Å². The minimum absolute atomic E-state index is 0.181. The van der Waals surface area contributed by atoms with Crippen molar-refractivity contribution in [3.05, 3.63) is 88.0 Å². The molecule has 3 rings (SSSR count). The van der Waals surface area contributed by atoms with E-state index in [0.717, 1.165) is 27.9 Å². The Hall–Kier alpha value is -3.65. The number of rotatable bonds is 7. The highest BCUT2D eigenvalue weighted by Gasteiger charge is 2.18. The molecule has 178 valence electrons. The minimum Gasteiger partial charge on any atom is -0.343 e. The standard InChI is InChI=1S/C26H29N3O4S/c1-16-9-10-18(3)23(13-16)34(32,33)29-22-8-6-7-21(14-22)26(31)27-15-24(30)28-25-19(4)11-17(2)12-20(25)5/h6-14,29H,15H2,1-5H3,(H,27,31)(H,28,30). The molecule has 0 bridgehead atoms. The van der Waals surface area contributed by atoms with Gasteiger partial charge in [-0.05, 0) is 81.1 Å². The first-order valence-corrected chi connectivity index (χ1v) is 12.3. The van der Waals surface area contributed by atoms with Gasteiger partial charge in [-0.1, -0.05) is 35.9 Å². The van der Waals surface area contributed by atoms with Gasteiger partial charge in [0, 0.05) is 16.9 Å². The molecule has 2 amide bonds. The molecule has 3 N–H and O–H groups in total. The summed E-state index contributed by atoms with van der Waals surface area (Å²) in [7, 11) is -3.83. The van der Waals surface area contributed by atoms with Gasteiger partial charge in [0.05, 0.1) is 11.4 Å². The van der Waals surface area contributed by atoms with Gasteiger partial charge >= 0.3 is 0 Å². The zero-order valence-corrected chi connectivity index (χ0v) is 20.8. The molecule has 7 nitrogen and oxygen atoms in total. The number of aryl methyl sites for hydroxylation is 5. The first-order valence-electron chi connectivity index (χ1n) is 10.8. The van der Waals surface area contributed by atoms with Crippen LogP contribution in [0, 0.1) is 34.6 Å². The van der Waals surface area contributed by atoms with Gasteiger partial charge in [-0.3, -0.25) is 14.3 Å². The van der Waals surface area contributed by atoms with Crippen LogP contribution in [0.4, 0.5) is 11.4 Å². The van der Waals surface area contributed by atoms with E-state index >= 15 is 0 Å². The SMILES string of the molecule is Cc1cc(C)c(NC(=O)CNC(=O)c2cccc(NS(=O)(=O)c3cc(C)ccc3C)c2)c(C)c1. The quantitative estimate of drug-likeness (QED) is 0.467. The Labute approximate surface area is 200 Å². The predicted octanol–water partition coefficient (Wildman–Crippen LogP) is 4.40. The van der Waals surface area contributed by atoms with E-state index in [1.807, 2.05) is 45.9 Å². The molecule has 0 heterocycles. The van der Waals surface area contributed by atoms with Gasteiger partial charge in [0.1, 0.15) is 0 Å². The maximum absolute atomic E-state index is 12.9. The van der Waals surface area contributed by atoms with Crippen LogP contribution in [-0.2, 0) is 14.8 Å². The minimum atomic E-state index is -3.83. The fourth-order valence-corrected chi connectivity index (χ4v) is 5.13. The van der Waals surface area contributed by atoms with Gasteiger partial charge in [-0.15, -0.1) is 0 Å². The lowest BCUT2D eigenvalue weighted by Gasteiger charge is -2.14. The predicted molar refractivity (Wildman–Crippen MR) is 135 cm³/mol. The van der Waals surface area contributed by atoms with Crippen molar-refractivity contribution < 1.29 is 18.0 Å². The molecule has 0 aromatic heterocycles. The number of benzene rings is 3. The van der Waals surface area contributed by atoms with E-state index in [1.165, 1.54) is 6.07 Å². The summed E-state index contributed by atoms with van der Waals surface area (Å²) in [6.07, 6.45) is 0. The number of carbonyl (C=O) groups excluding carboxylic acids is 2. The Morgan fingerprint density at radius 2 is 1.47 bits per heavy atom. The second-order valence-electron chi connectivity index (χ2n) is 8.46. The Bertz CT molecular complexity index is 1340. The maximum Gasteiger partial charge on any atom is 0.262 e. The number of hydrogen-bond acceptors (Lipinski definition) is 4. The lowest BCUT2D eigenvalue weighted by atomic mass is 10.1. The highest BCUT2D eigenvalue weighted by molar-refractivity contribution is 7.92. The van der Waals surface area contributed by atoms with Gasteiger partial charge in [-0.25, -0.2) is 8.42 Å². The Morgan fingerprint density at radius 3 is 2.15 bits per heavy atom. The zero-order valence-electron chi connectivity index (χ0n) is 19.9. The van der Waals surface area contributed by atoms with Gasteiger partial charge in [-0.2, -0.15) is 0 Å². The summed E-state index contributed by atoms with van der Waals surface area (Å²) in [4.78, 5) is 25.2. The van der Waals surface area contributed by atoms with E-state index in [0.29, 0.717) is 5.56 Å². The van der Waals surface area contributed by atoms with Crippen molar-refractivity contribution in [3.8, 4) is 0 Å². The summed E-state index contributed by atoms with van der Waals surface area (Å²) in [5, 5.41) is 5.42. The first-order chi connectivity index (χ1) is 16.0. The van der Waals surface area contributed by atoms with Crippen LogP contribution < -0.4 is 15.4 Å². The van der Waals surface area contributed by atoms with Crippen molar-refractivity contribution in [2.45, 2.75) is 39.5 Å². The molecule has 0 unspecified atom stereocenters. The first kappa shape index (κ1) is 25.0. The number of amides is 2. The number of nitrogens with one attached hydrogen (secondary N) is 3. The monoisotopic (exact) mass is 479 g/mol. The average molecular weight is 480 g/mol. The van der Waals surface area contributed by atoms with Crippen molar-refractivity contribution in [2.24, 2.45) is 0 Å².